The van der Waals surface area contributed by atoms with Gasteiger partial charge in [0, 0.05) is 31.3 Å². The summed E-state index contributed by atoms with van der Waals surface area (Å²) in [5.74, 6) is -0.474. The van der Waals surface area contributed by atoms with Gasteiger partial charge in [0.05, 0.1) is 10.8 Å². The fourth-order valence-corrected chi connectivity index (χ4v) is 5.72. The minimum absolute atomic E-state index is 0.0688. The van der Waals surface area contributed by atoms with Crippen LogP contribution in [0.25, 0.3) is 11.4 Å². The third-order valence-electron chi connectivity index (χ3n) is 5.79. The molecule has 0 aliphatic carbocycles. The summed E-state index contributed by atoms with van der Waals surface area (Å²) in [4.78, 5) is 17.2. The van der Waals surface area contributed by atoms with Crippen LogP contribution in [-0.2, 0) is 14.8 Å². The van der Waals surface area contributed by atoms with Crippen LogP contribution >= 0.6 is 0 Å². The van der Waals surface area contributed by atoms with Crippen molar-refractivity contribution in [2.45, 2.75) is 38.5 Å². The fourth-order valence-electron chi connectivity index (χ4n) is 3.95. The van der Waals surface area contributed by atoms with Crippen molar-refractivity contribution in [1.82, 2.24) is 14.4 Å². The number of rotatable bonds is 5. The maximum atomic E-state index is 13.5. The Bertz CT molecular complexity index is 1310. The molecule has 3 aromatic rings. The van der Waals surface area contributed by atoms with Gasteiger partial charge in [-0.1, -0.05) is 17.3 Å². The van der Waals surface area contributed by atoms with Gasteiger partial charge in [0.25, 0.3) is 0 Å². The number of nitrogens with one attached hydrogen (secondary N) is 1. The van der Waals surface area contributed by atoms with Crippen LogP contribution in [0, 0.1) is 32.5 Å². The second kappa shape index (κ2) is 9.03. The number of carbonyl (C=O) groups is 1. The summed E-state index contributed by atoms with van der Waals surface area (Å²) in [6.07, 6.45) is 1.13. The van der Waals surface area contributed by atoms with E-state index in [4.69, 9.17) is 4.52 Å². The van der Waals surface area contributed by atoms with E-state index in [0.29, 0.717) is 53.5 Å². The van der Waals surface area contributed by atoms with Crippen LogP contribution in [0.15, 0.2) is 45.8 Å². The van der Waals surface area contributed by atoms with Crippen molar-refractivity contribution >= 4 is 21.6 Å². The van der Waals surface area contributed by atoms with Crippen LogP contribution in [0.5, 0.6) is 0 Å². The summed E-state index contributed by atoms with van der Waals surface area (Å²) >= 11 is 0. The largest absolute Gasteiger partial charge is 0.339 e. The molecule has 1 saturated heterocycles. The Kier molecular flexibility index (Phi) is 6.31. The van der Waals surface area contributed by atoms with Gasteiger partial charge in [-0.05, 0) is 62.1 Å². The summed E-state index contributed by atoms with van der Waals surface area (Å²) in [5.41, 5.74) is 2.25. The molecule has 1 aliphatic rings. The highest BCUT2D eigenvalue weighted by Gasteiger charge is 2.34. The number of amides is 1. The number of hydrogen-bond donors (Lipinski definition) is 1. The first-order valence-corrected chi connectivity index (χ1v) is 12.1. The molecule has 0 spiro atoms. The number of aromatic nitrogens is 2. The monoisotopic (exact) mass is 472 g/mol. The zero-order chi connectivity index (χ0) is 23.8. The molecule has 174 valence electrons. The van der Waals surface area contributed by atoms with Crippen molar-refractivity contribution in [3.8, 4) is 11.4 Å². The van der Waals surface area contributed by atoms with Crippen molar-refractivity contribution in [1.29, 1.82) is 0 Å². The first kappa shape index (κ1) is 23.1. The number of nitrogens with zero attached hydrogens (tertiary/aromatic N) is 3. The molecule has 1 aromatic heterocycles. The zero-order valence-electron chi connectivity index (χ0n) is 18.6. The quantitative estimate of drug-likeness (QED) is 0.605. The van der Waals surface area contributed by atoms with Gasteiger partial charge in [0.15, 0.2) is 0 Å². The molecule has 0 radical (unpaired) electrons. The molecule has 4 rings (SSSR count). The van der Waals surface area contributed by atoms with E-state index in [1.54, 1.807) is 39.0 Å². The molecule has 1 amide bonds. The molecule has 33 heavy (non-hydrogen) atoms. The minimum atomic E-state index is -3.85. The van der Waals surface area contributed by atoms with Gasteiger partial charge >= 0.3 is 0 Å². The average Bonchev–Trinajstić information content (AvgIpc) is 3.22. The first-order chi connectivity index (χ1) is 15.6. The Labute approximate surface area is 191 Å². The Hall–Kier alpha value is -3.11. The lowest BCUT2D eigenvalue weighted by Gasteiger charge is -2.31. The van der Waals surface area contributed by atoms with Gasteiger partial charge in [-0.2, -0.15) is 9.29 Å². The highest BCUT2D eigenvalue weighted by Crippen LogP contribution is 2.29. The number of sulfonamides is 1. The number of benzene rings is 2. The molecule has 2 heterocycles. The highest BCUT2D eigenvalue weighted by atomic mass is 32.2. The van der Waals surface area contributed by atoms with E-state index in [9.17, 15) is 17.6 Å². The molecular weight excluding hydrogens is 447 g/mol. The zero-order valence-corrected chi connectivity index (χ0v) is 19.4. The van der Waals surface area contributed by atoms with Gasteiger partial charge in [0.1, 0.15) is 5.82 Å². The lowest BCUT2D eigenvalue weighted by atomic mass is 9.98. The topological polar surface area (TPSA) is 105 Å². The van der Waals surface area contributed by atoms with Gasteiger partial charge < -0.3 is 9.84 Å². The lowest BCUT2D eigenvalue weighted by molar-refractivity contribution is -0.120. The summed E-state index contributed by atoms with van der Waals surface area (Å²) in [6, 6.07) is 9.12. The van der Waals surface area contributed by atoms with Crippen LogP contribution in [0.4, 0.5) is 10.1 Å². The molecule has 2 aromatic carbocycles. The van der Waals surface area contributed by atoms with E-state index in [2.05, 4.69) is 15.5 Å². The number of hydrogen-bond acceptors (Lipinski definition) is 6. The molecular formula is C23H25FN4O4S. The normalized spacial score (nSPS) is 17.2. The number of anilines is 1. The number of carbonyl (C=O) groups excluding carboxylic acids is 1. The number of piperidine rings is 1. The molecule has 10 heteroatoms. The molecule has 1 atom stereocenters. The van der Waals surface area contributed by atoms with Crippen molar-refractivity contribution < 1.29 is 22.1 Å². The molecule has 0 unspecified atom stereocenters. The second-order valence-electron chi connectivity index (χ2n) is 8.27. The van der Waals surface area contributed by atoms with Crippen LogP contribution < -0.4 is 5.32 Å². The third-order valence-corrected chi connectivity index (χ3v) is 7.80. The first-order valence-electron chi connectivity index (χ1n) is 10.6. The Morgan fingerprint density at radius 2 is 1.94 bits per heavy atom. The van der Waals surface area contributed by atoms with Crippen LogP contribution in [-0.4, -0.2) is 41.9 Å². The van der Waals surface area contributed by atoms with Crippen molar-refractivity contribution in [2.24, 2.45) is 5.92 Å². The summed E-state index contributed by atoms with van der Waals surface area (Å²) < 4.78 is 46.7. The molecule has 0 bridgehead atoms. The molecule has 8 nitrogen and oxygen atoms in total. The van der Waals surface area contributed by atoms with E-state index in [0.717, 1.165) is 0 Å². The maximum absolute atomic E-state index is 13.5. The molecule has 1 aliphatic heterocycles. The van der Waals surface area contributed by atoms with E-state index >= 15 is 0 Å². The van der Waals surface area contributed by atoms with Crippen LogP contribution in [0.2, 0.25) is 0 Å². The highest BCUT2D eigenvalue weighted by molar-refractivity contribution is 7.89. The second-order valence-corrected chi connectivity index (χ2v) is 10.2. The average molecular weight is 473 g/mol. The molecule has 0 saturated carbocycles. The van der Waals surface area contributed by atoms with Crippen LogP contribution in [0.3, 0.4) is 0 Å². The van der Waals surface area contributed by atoms with E-state index in [1.165, 1.54) is 22.5 Å². The van der Waals surface area contributed by atoms with Gasteiger partial charge in [-0.25, -0.2) is 12.8 Å². The van der Waals surface area contributed by atoms with Crippen molar-refractivity contribution in [3.05, 3.63) is 59.2 Å². The maximum Gasteiger partial charge on any atom is 0.243 e. The number of halogens is 1. The van der Waals surface area contributed by atoms with Gasteiger partial charge in [-0.3, -0.25) is 4.79 Å². The van der Waals surface area contributed by atoms with Gasteiger partial charge in [-0.15, -0.1) is 0 Å². The van der Waals surface area contributed by atoms with Crippen LogP contribution in [0.1, 0.15) is 29.9 Å². The SMILES string of the molecule is Cc1nc(-c2ccc(C)c(S(=O)(=O)N3CCC[C@H](C(=O)Nc4ccc(F)cc4C)C3)c2)no1. The van der Waals surface area contributed by atoms with Crippen molar-refractivity contribution in [3.63, 3.8) is 0 Å². The minimum Gasteiger partial charge on any atom is -0.339 e. The Morgan fingerprint density at radius 1 is 1.15 bits per heavy atom. The molecule has 1 fully saturated rings. The van der Waals surface area contributed by atoms with Crippen molar-refractivity contribution in [2.75, 3.05) is 18.4 Å². The Balaban J connectivity index is 1.55. The molecule has 1 N–H and O–H groups in total. The number of aryl methyl sites for hydroxylation is 3. The van der Waals surface area contributed by atoms with E-state index < -0.39 is 15.9 Å². The predicted molar refractivity (Wildman–Crippen MR) is 120 cm³/mol. The third kappa shape index (κ3) is 4.81. The van der Waals surface area contributed by atoms with Gasteiger partial charge in [0.2, 0.25) is 27.6 Å². The standard InChI is InChI=1S/C23H25FN4O4S/c1-14-6-7-17(22-25-16(3)32-27-22)12-21(14)33(30,31)28-10-4-5-18(13-28)23(29)26-20-9-8-19(24)11-15(20)2/h6-9,11-12,18H,4-5,10,13H2,1-3H3,(H,26,29)/t18-/m0/s1. The summed E-state index contributed by atoms with van der Waals surface area (Å²) in [6.45, 7) is 5.49. The van der Waals surface area contributed by atoms with E-state index in [-0.39, 0.29) is 23.2 Å². The lowest BCUT2D eigenvalue weighted by Crippen LogP contribution is -2.43. The Morgan fingerprint density at radius 3 is 2.64 bits per heavy atom. The fraction of sp³-hybridized carbons (Fsp3) is 0.348. The summed E-state index contributed by atoms with van der Waals surface area (Å²) in [7, 11) is -3.85. The summed E-state index contributed by atoms with van der Waals surface area (Å²) in [5, 5.41) is 6.68. The smallest absolute Gasteiger partial charge is 0.243 e. The van der Waals surface area contributed by atoms with E-state index in [1.807, 2.05) is 0 Å². The predicted octanol–water partition coefficient (Wildman–Crippen LogP) is 3.84.